The minimum atomic E-state index is -0.287. The van der Waals surface area contributed by atoms with E-state index in [2.05, 4.69) is 11.4 Å². The summed E-state index contributed by atoms with van der Waals surface area (Å²) in [6, 6.07) is 10.8. The predicted molar refractivity (Wildman–Crippen MR) is 84.0 cm³/mol. The Hall–Kier alpha value is -2.58. The van der Waals surface area contributed by atoms with Gasteiger partial charge in [0, 0.05) is 23.1 Å². The van der Waals surface area contributed by atoms with Gasteiger partial charge in [-0.3, -0.25) is 4.79 Å². The van der Waals surface area contributed by atoms with E-state index in [9.17, 15) is 4.79 Å². The molecule has 0 aliphatic rings. The average Bonchev–Trinajstić information content (AvgIpc) is 2.82. The van der Waals surface area contributed by atoms with Crippen molar-refractivity contribution in [1.29, 1.82) is 5.26 Å². The lowest BCUT2D eigenvalue weighted by Crippen LogP contribution is -2.35. The molecule has 0 saturated heterocycles. The minimum Gasteiger partial charge on any atom is -0.394 e. The number of carbonyl (C=O) groups is 1. The lowest BCUT2D eigenvalue weighted by Gasteiger charge is -2.12. The third-order valence-corrected chi connectivity index (χ3v) is 3.58. The van der Waals surface area contributed by atoms with Crippen LogP contribution < -0.4 is 5.32 Å². The first-order valence-corrected chi connectivity index (χ1v) is 7.09. The SMILES string of the molecule is Cc1cc(C(=O)NC(C)CO)c(C)n1-c1ccc(C#N)cc1. The van der Waals surface area contributed by atoms with E-state index in [1.807, 2.05) is 36.6 Å². The molecule has 2 rings (SSSR count). The highest BCUT2D eigenvalue weighted by Gasteiger charge is 2.17. The first-order chi connectivity index (χ1) is 10.5. The molecule has 0 saturated carbocycles. The molecule has 0 aliphatic carbocycles. The molecule has 5 heteroatoms. The normalized spacial score (nSPS) is 11.8. The second-order valence-electron chi connectivity index (χ2n) is 5.34. The van der Waals surface area contributed by atoms with Gasteiger partial charge in [0.2, 0.25) is 0 Å². The number of aliphatic hydroxyl groups is 1. The van der Waals surface area contributed by atoms with E-state index in [1.165, 1.54) is 0 Å². The maximum absolute atomic E-state index is 12.3. The second kappa shape index (κ2) is 6.46. The number of nitrogens with zero attached hydrogens (tertiary/aromatic N) is 2. The first kappa shape index (κ1) is 15.8. The summed E-state index contributed by atoms with van der Waals surface area (Å²) in [6.07, 6.45) is 0. The maximum atomic E-state index is 12.3. The largest absolute Gasteiger partial charge is 0.394 e. The van der Waals surface area contributed by atoms with Crippen LogP contribution in [-0.2, 0) is 0 Å². The number of benzene rings is 1. The van der Waals surface area contributed by atoms with Gasteiger partial charge in [-0.25, -0.2) is 0 Å². The van der Waals surface area contributed by atoms with Crippen molar-refractivity contribution in [2.75, 3.05) is 6.61 Å². The number of amides is 1. The summed E-state index contributed by atoms with van der Waals surface area (Å²) < 4.78 is 1.97. The summed E-state index contributed by atoms with van der Waals surface area (Å²) >= 11 is 0. The van der Waals surface area contributed by atoms with Gasteiger partial charge in [0.25, 0.3) is 5.91 Å². The van der Waals surface area contributed by atoms with Crippen LogP contribution in [0.4, 0.5) is 0 Å². The summed E-state index contributed by atoms with van der Waals surface area (Å²) in [5.41, 5.74) is 3.85. The summed E-state index contributed by atoms with van der Waals surface area (Å²) in [5, 5.41) is 20.7. The molecule has 22 heavy (non-hydrogen) atoms. The molecule has 1 heterocycles. The molecule has 1 amide bonds. The van der Waals surface area contributed by atoms with Crippen molar-refractivity contribution in [3.63, 3.8) is 0 Å². The monoisotopic (exact) mass is 297 g/mol. The van der Waals surface area contributed by atoms with Gasteiger partial charge in [-0.1, -0.05) is 0 Å². The smallest absolute Gasteiger partial charge is 0.253 e. The molecule has 1 aromatic heterocycles. The zero-order chi connectivity index (χ0) is 16.3. The van der Waals surface area contributed by atoms with Gasteiger partial charge in [-0.2, -0.15) is 5.26 Å². The van der Waals surface area contributed by atoms with Crippen LogP contribution in [0, 0.1) is 25.2 Å². The molecule has 0 radical (unpaired) electrons. The molecule has 1 atom stereocenters. The number of aryl methyl sites for hydroxylation is 1. The summed E-state index contributed by atoms with van der Waals surface area (Å²) in [5.74, 6) is -0.199. The van der Waals surface area contributed by atoms with E-state index in [0.717, 1.165) is 17.1 Å². The van der Waals surface area contributed by atoms with Crippen LogP contribution in [-0.4, -0.2) is 28.2 Å². The van der Waals surface area contributed by atoms with Crippen LogP contribution in [0.3, 0.4) is 0 Å². The Morgan fingerprint density at radius 3 is 2.55 bits per heavy atom. The Morgan fingerprint density at radius 2 is 2.00 bits per heavy atom. The Kier molecular flexibility index (Phi) is 4.64. The van der Waals surface area contributed by atoms with Gasteiger partial charge in [-0.15, -0.1) is 0 Å². The molecule has 0 fully saturated rings. The molecule has 2 N–H and O–H groups in total. The van der Waals surface area contributed by atoms with E-state index in [4.69, 9.17) is 10.4 Å². The summed E-state index contributed by atoms with van der Waals surface area (Å²) in [4.78, 5) is 12.3. The fraction of sp³-hybridized carbons (Fsp3) is 0.294. The highest BCUT2D eigenvalue weighted by Crippen LogP contribution is 2.21. The Bertz CT molecular complexity index is 724. The molecule has 1 unspecified atom stereocenters. The number of nitriles is 1. The molecular weight excluding hydrogens is 278 g/mol. The number of aromatic nitrogens is 1. The van der Waals surface area contributed by atoms with Crippen LogP contribution in [0.15, 0.2) is 30.3 Å². The molecule has 5 nitrogen and oxygen atoms in total. The Morgan fingerprint density at radius 1 is 1.36 bits per heavy atom. The molecule has 0 bridgehead atoms. The topological polar surface area (TPSA) is 78.0 Å². The number of carbonyl (C=O) groups excluding carboxylic acids is 1. The number of aliphatic hydroxyl groups excluding tert-OH is 1. The standard InChI is InChI=1S/C17H19N3O2/c1-11(10-21)19-17(22)16-8-12(2)20(13(16)3)15-6-4-14(9-18)5-7-15/h4-8,11,21H,10H2,1-3H3,(H,19,22). The maximum Gasteiger partial charge on any atom is 0.253 e. The Balaban J connectivity index is 2.38. The van der Waals surface area contributed by atoms with Gasteiger partial charge >= 0.3 is 0 Å². The lowest BCUT2D eigenvalue weighted by atomic mass is 10.2. The fourth-order valence-corrected chi connectivity index (χ4v) is 2.42. The van der Waals surface area contributed by atoms with Crippen molar-refractivity contribution < 1.29 is 9.90 Å². The average molecular weight is 297 g/mol. The molecule has 2 aromatic rings. The third-order valence-electron chi connectivity index (χ3n) is 3.58. The van der Waals surface area contributed by atoms with Crippen LogP contribution in [0.5, 0.6) is 0 Å². The predicted octanol–water partition coefficient (Wildman–Crippen LogP) is 2.08. The van der Waals surface area contributed by atoms with Gasteiger partial charge in [-0.05, 0) is 51.1 Å². The van der Waals surface area contributed by atoms with Crippen LogP contribution in [0.2, 0.25) is 0 Å². The van der Waals surface area contributed by atoms with Crippen molar-refractivity contribution in [2.45, 2.75) is 26.8 Å². The first-order valence-electron chi connectivity index (χ1n) is 7.09. The highest BCUT2D eigenvalue weighted by molar-refractivity contribution is 5.96. The zero-order valence-corrected chi connectivity index (χ0v) is 12.9. The number of nitrogens with one attached hydrogen (secondary N) is 1. The lowest BCUT2D eigenvalue weighted by molar-refractivity contribution is 0.0921. The third kappa shape index (κ3) is 3.02. The van der Waals surface area contributed by atoms with E-state index in [-0.39, 0.29) is 18.6 Å². The summed E-state index contributed by atoms with van der Waals surface area (Å²) in [6.45, 7) is 5.46. The molecule has 0 spiro atoms. The van der Waals surface area contributed by atoms with Crippen molar-refractivity contribution in [3.05, 3.63) is 52.8 Å². The van der Waals surface area contributed by atoms with E-state index < -0.39 is 0 Å². The number of hydrogen-bond donors (Lipinski definition) is 2. The highest BCUT2D eigenvalue weighted by atomic mass is 16.3. The number of hydrogen-bond acceptors (Lipinski definition) is 3. The quantitative estimate of drug-likeness (QED) is 0.907. The van der Waals surface area contributed by atoms with Crippen molar-refractivity contribution in [3.8, 4) is 11.8 Å². The van der Waals surface area contributed by atoms with Crippen molar-refractivity contribution in [2.24, 2.45) is 0 Å². The van der Waals surface area contributed by atoms with Gasteiger partial charge in [0.15, 0.2) is 0 Å². The van der Waals surface area contributed by atoms with E-state index >= 15 is 0 Å². The van der Waals surface area contributed by atoms with Crippen molar-refractivity contribution in [1.82, 2.24) is 9.88 Å². The Labute approximate surface area is 129 Å². The van der Waals surface area contributed by atoms with Gasteiger partial charge < -0.3 is 15.0 Å². The molecule has 1 aromatic carbocycles. The fourth-order valence-electron chi connectivity index (χ4n) is 2.42. The number of rotatable bonds is 4. The minimum absolute atomic E-state index is 0.0971. The molecule has 0 aliphatic heterocycles. The van der Waals surface area contributed by atoms with Gasteiger partial charge in [0.05, 0.1) is 23.8 Å². The second-order valence-corrected chi connectivity index (χ2v) is 5.34. The summed E-state index contributed by atoms with van der Waals surface area (Å²) in [7, 11) is 0. The van der Waals surface area contributed by atoms with Gasteiger partial charge in [0.1, 0.15) is 0 Å². The van der Waals surface area contributed by atoms with Crippen LogP contribution >= 0.6 is 0 Å². The van der Waals surface area contributed by atoms with Crippen molar-refractivity contribution >= 4 is 5.91 Å². The molecular formula is C17H19N3O2. The molecule has 114 valence electrons. The van der Waals surface area contributed by atoms with E-state index in [0.29, 0.717) is 11.1 Å². The van der Waals surface area contributed by atoms with Crippen LogP contribution in [0.25, 0.3) is 5.69 Å². The zero-order valence-electron chi connectivity index (χ0n) is 12.9. The van der Waals surface area contributed by atoms with Crippen LogP contribution in [0.1, 0.15) is 34.2 Å². The van der Waals surface area contributed by atoms with E-state index in [1.54, 1.807) is 19.1 Å².